The van der Waals surface area contributed by atoms with Gasteiger partial charge in [-0.25, -0.2) is 24.5 Å². The summed E-state index contributed by atoms with van der Waals surface area (Å²) in [6, 6.07) is 4.02. The number of anilines is 4. The number of pyridine rings is 1. The molecule has 0 bridgehead atoms. The van der Waals surface area contributed by atoms with E-state index in [4.69, 9.17) is 10.7 Å². The number of primary amides is 1. The number of urea groups is 1. The van der Waals surface area contributed by atoms with Crippen LogP contribution < -0.4 is 20.9 Å². The lowest BCUT2D eigenvalue weighted by atomic mass is 9.71. The Labute approximate surface area is 250 Å². The number of carboxylic acid groups (broad SMARTS) is 1. The van der Waals surface area contributed by atoms with Crippen LogP contribution in [-0.4, -0.2) is 118 Å². The zero-order valence-electron chi connectivity index (χ0n) is 24.6. The van der Waals surface area contributed by atoms with Gasteiger partial charge in [-0.1, -0.05) is 0 Å². The Balaban J connectivity index is 1.10. The van der Waals surface area contributed by atoms with Crippen LogP contribution in [-0.2, 0) is 0 Å². The van der Waals surface area contributed by atoms with Crippen LogP contribution in [0.25, 0.3) is 0 Å². The number of likely N-dealkylation sites (N-methyl/N-ethyl adjacent to an activating group) is 1. The molecule has 6 rings (SSSR count). The third-order valence-corrected chi connectivity index (χ3v) is 9.66. The second kappa shape index (κ2) is 11.7. The molecule has 4 aliphatic rings. The summed E-state index contributed by atoms with van der Waals surface area (Å²) >= 11 is 0. The predicted octanol–water partition coefficient (Wildman–Crippen LogP) is 2.41. The summed E-state index contributed by atoms with van der Waals surface area (Å²) in [5, 5.41) is 12.5. The maximum absolute atomic E-state index is 12.6. The third-order valence-electron chi connectivity index (χ3n) is 9.66. The molecule has 14 nitrogen and oxygen atoms in total. The number of amides is 4. The van der Waals surface area contributed by atoms with Gasteiger partial charge in [0, 0.05) is 59.4 Å². The highest BCUT2D eigenvalue weighted by Gasteiger charge is 2.39. The van der Waals surface area contributed by atoms with E-state index in [1.807, 2.05) is 24.1 Å². The van der Waals surface area contributed by atoms with Gasteiger partial charge in [-0.2, -0.15) is 0 Å². The molecule has 14 heteroatoms. The number of nitrogens with one attached hydrogen (secondary N) is 1. The number of nitrogens with two attached hydrogens (primary N) is 1. The second-order valence-corrected chi connectivity index (χ2v) is 12.2. The van der Waals surface area contributed by atoms with Crippen molar-refractivity contribution in [2.75, 3.05) is 74.5 Å². The molecule has 4 saturated heterocycles. The third kappa shape index (κ3) is 5.95. The molecule has 4 aliphatic heterocycles. The summed E-state index contributed by atoms with van der Waals surface area (Å²) in [7, 11) is 1.83. The van der Waals surface area contributed by atoms with Gasteiger partial charge in [0.05, 0.1) is 24.1 Å². The van der Waals surface area contributed by atoms with Crippen LogP contribution >= 0.6 is 0 Å². The van der Waals surface area contributed by atoms with E-state index in [2.05, 4.69) is 25.1 Å². The molecule has 0 radical (unpaired) electrons. The Morgan fingerprint density at radius 3 is 2.33 bits per heavy atom. The lowest BCUT2D eigenvalue weighted by Crippen LogP contribution is -2.49. The van der Waals surface area contributed by atoms with Crippen molar-refractivity contribution in [3.05, 3.63) is 30.2 Å². The van der Waals surface area contributed by atoms with Gasteiger partial charge >= 0.3 is 12.1 Å². The summed E-state index contributed by atoms with van der Waals surface area (Å²) in [5.74, 6) is 1.09. The van der Waals surface area contributed by atoms with Gasteiger partial charge in [-0.3, -0.25) is 4.79 Å². The van der Waals surface area contributed by atoms with Crippen molar-refractivity contribution in [3.63, 3.8) is 0 Å². The molecule has 1 atom stereocenters. The normalized spacial score (nSPS) is 22.3. The van der Waals surface area contributed by atoms with Gasteiger partial charge in [0.15, 0.2) is 11.5 Å². The lowest BCUT2D eigenvalue weighted by Gasteiger charge is -2.46. The number of likely N-dealkylation sites (tertiary alicyclic amines) is 1. The standard InChI is InChI=1S/C29H40N10O4/c1-35-15-16-39(27(35)41)21-3-2-10-38(19-21)23-18-32-24(25(30)40)26(34-23)33-20-4-5-22(31-17-20)36-11-6-29(7-12-36)8-13-37(14-9-29)28(42)43/h4-5,17-18,21H,2-3,6-16,19H2,1H3,(H2,30,40)(H,33,34)(H,42,43)/t21-/m0/s1. The Bertz CT molecular complexity index is 1350. The van der Waals surface area contributed by atoms with E-state index in [-0.39, 0.29) is 29.0 Å². The summed E-state index contributed by atoms with van der Waals surface area (Å²) < 4.78 is 0. The predicted molar refractivity (Wildman–Crippen MR) is 161 cm³/mol. The highest BCUT2D eigenvalue weighted by atomic mass is 16.4. The molecular formula is C29H40N10O4. The fourth-order valence-corrected chi connectivity index (χ4v) is 6.89. The van der Waals surface area contributed by atoms with Gasteiger partial charge in [0.2, 0.25) is 0 Å². The monoisotopic (exact) mass is 592 g/mol. The van der Waals surface area contributed by atoms with Gasteiger partial charge in [0.25, 0.3) is 5.91 Å². The van der Waals surface area contributed by atoms with Crippen molar-refractivity contribution in [1.82, 2.24) is 29.7 Å². The number of hydrogen-bond acceptors (Lipinski definition) is 9. The van der Waals surface area contributed by atoms with Crippen molar-refractivity contribution in [1.29, 1.82) is 0 Å². The molecule has 2 aromatic rings. The minimum atomic E-state index is -0.825. The van der Waals surface area contributed by atoms with Crippen LogP contribution in [0.1, 0.15) is 49.0 Å². The van der Waals surface area contributed by atoms with E-state index in [0.29, 0.717) is 31.1 Å². The minimum absolute atomic E-state index is 0.0491. The summed E-state index contributed by atoms with van der Waals surface area (Å²) in [6.45, 7) is 5.86. The molecule has 4 fully saturated rings. The molecular weight excluding hydrogens is 552 g/mol. The van der Waals surface area contributed by atoms with Gasteiger partial charge in [-0.15, -0.1) is 0 Å². The van der Waals surface area contributed by atoms with Crippen LogP contribution in [0.15, 0.2) is 24.5 Å². The molecule has 0 aromatic carbocycles. The molecule has 4 N–H and O–H groups in total. The molecule has 0 unspecified atom stereocenters. The first-order valence-electron chi connectivity index (χ1n) is 15.1. The van der Waals surface area contributed by atoms with Gasteiger partial charge in [-0.05, 0) is 56.1 Å². The zero-order chi connectivity index (χ0) is 30.1. The zero-order valence-corrected chi connectivity index (χ0v) is 24.6. The average Bonchev–Trinajstić information content (AvgIpc) is 3.35. The Kier molecular flexibility index (Phi) is 7.84. The van der Waals surface area contributed by atoms with E-state index in [1.165, 1.54) is 4.90 Å². The minimum Gasteiger partial charge on any atom is -0.465 e. The fraction of sp³-hybridized carbons (Fsp3) is 0.586. The van der Waals surface area contributed by atoms with Crippen molar-refractivity contribution in [2.24, 2.45) is 11.1 Å². The van der Waals surface area contributed by atoms with Crippen molar-refractivity contribution < 1.29 is 19.5 Å². The molecule has 230 valence electrons. The smallest absolute Gasteiger partial charge is 0.407 e. The number of hydrogen-bond donors (Lipinski definition) is 3. The fourth-order valence-electron chi connectivity index (χ4n) is 6.89. The molecule has 4 amide bonds. The molecule has 0 saturated carbocycles. The molecule has 43 heavy (non-hydrogen) atoms. The number of aromatic nitrogens is 3. The number of piperidine rings is 3. The Morgan fingerprint density at radius 2 is 1.70 bits per heavy atom. The molecule has 0 aliphatic carbocycles. The number of carbonyl (C=O) groups excluding carboxylic acids is 2. The molecule has 1 spiro atoms. The summed E-state index contributed by atoms with van der Waals surface area (Å²) in [6.07, 6.45) is 8.19. The van der Waals surface area contributed by atoms with Crippen LogP contribution in [0.5, 0.6) is 0 Å². The van der Waals surface area contributed by atoms with E-state index < -0.39 is 12.0 Å². The van der Waals surface area contributed by atoms with E-state index in [9.17, 15) is 19.5 Å². The van der Waals surface area contributed by atoms with Gasteiger partial charge in [0.1, 0.15) is 11.6 Å². The van der Waals surface area contributed by atoms with E-state index in [1.54, 1.807) is 17.3 Å². The first-order valence-corrected chi connectivity index (χ1v) is 15.1. The quantitative estimate of drug-likeness (QED) is 0.454. The first-order chi connectivity index (χ1) is 20.7. The SMILES string of the molecule is CN1CCN([C@H]2CCCN(c3cnc(C(N)=O)c(Nc4ccc(N5CCC6(CCN(C(=O)O)CC6)CC5)nc4)n3)C2)C1=O. The van der Waals surface area contributed by atoms with E-state index >= 15 is 0 Å². The highest BCUT2D eigenvalue weighted by Crippen LogP contribution is 2.42. The maximum atomic E-state index is 12.6. The number of rotatable bonds is 6. The Hall–Kier alpha value is -4.36. The maximum Gasteiger partial charge on any atom is 0.407 e. The Morgan fingerprint density at radius 1 is 0.953 bits per heavy atom. The summed E-state index contributed by atoms with van der Waals surface area (Å²) in [5.41, 5.74) is 6.56. The number of carbonyl (C=O) groups is 3. The van der Waals surface area contributed by atoms with Crippen molar-refractivity contribution >= 4 is 41.2 Å². The lowest BCUT2D eigenvalue weighted by molar-refractivity contribution is 0.0735. The van der Waals surface area contributed by atoms with Gasteiger partial charge < -0.3 is 40.7 Å². The topological polar surface area (TPSA) is 164 Å². The first kappa shape index (κ1) is 28.7. The van der Waals surface area contributed by atoms with E-state index in [0.717, 1.165) is 77.1 Å². The van der Waals surface area contributed by atoms with Crippen LogP contribution in [0.3, 0.4) is 0 Å². The largest absolute Gasteiger partial charge is 0.465 e. The highest BCUT2D eigenvalue weighted by molar-refractivity contribution is 5.96. The van der Waals surface area contributed by atoms with Crippen LogP contribution in [0.2, 0.25) is 0 Å². The number of nitrogens with zero attached hydrogens (tertiary/aromatic N) is 8. The molecule has 6 heterocycles. The summed E-state index contributed by atoms with van der Waals surface area (Å²) in [4.78, 5) is 59.4. The molecule has 2 aromatic heterocycles. The van der Waals surface area contributed by atoms with Crippen LogP contribution in [0.4, 0.5) is 32.7 Å². The van der Waals surface area contributed by atoms with Crippen molar-refractivity contribution in [3.8, 4) is 0 Å². The van der Waals surface area contributed by atoms with Crippen molar-refractivity contribution in [2.45, 2.75) is 44.6 Å². The van der Waals surface area contributed by atoms with Crippen LogP contribution in [0, 0.1) is 5.41 Å². The average molecular weight is 593 g/mol. The second-order valence-electron chi connectivity index (χ2n) is 12.2.